The van der Waals surface area contributed by atoms with E-state index in [1.807, 2.05) is 6.92 Å². The molecule has 1 atom stereocenters. The van der Waals surface area contributed by atoms with Gasteiger partial charge in [0.15, 0.2) is 0 Å². The van der Waals surface area contributed by atoms with Gasteiger partial charge in [-0.2, -0.15) is 0 Å². The van der Waals surface area contributed by atoms with Gasteiger partial charge in [-0.1, -0.05) is 0 Å². The van der Waals surface area contributed by atoms with Gasteiger partial charge in [0.1, 0.15) is 11.9 Å². The van der Waals surface area contributed by atoms with Gasteiger partial charge < -0.3 is 9.64 Å². The van der Waals surface area contributed by atoms with E-state index in [1.54, 1.807) is 4.90 Å². The summed E-state index contributed by atoms with van der Waals surface area (Å²) >= 11 is 0. The Labute approximate surface area is 59.8 Å². The lowest BCUT2D eigenvalue weighted by Gasteiger charge is -2.29. The van der Waals surface area contributed by atoms with Crippen molar-refractivity contribution in [2.45, 2.75) is 13.0 Å². The lowest BCUT2D eigenvalue weighted by atomic mass is 10.3. The van der Waals surface area contributed by atoms with Crippen LogP contribution in [0.1, 0.15) is 6.92 Å². The molecule has 2 N–H and O–H groups in total. The summed E-state index contributed by atoms with van der Waals surface area (Å²) < 4.78 is 5.15. The highest BCUT2D eigenvalue weighted by atomic mass is 16.5. The highest BCUT2D eigenvalue weighted by Crippen LogP contribution is 2.03. The molecule has 1 fully saturated rings. The molecule has 4 nitrogen and oxygen atoms in total. The van der Waals surface area contributed by atoms with E-state index in [0.717, 1.165) is 0 Å². The van der Waals surface area contributed by atoms with Crippen molar-refractivity contribution in [2.75, 3.05) is 13.2 Å². The Morgan fingerprint density at radius 2 is 2.50 bits per heavy atom. The zero-order valence-electron chi connectivity index (χ0n) is 5.92. The van der Waals surface area contributed by atoms with E-state index in [4.69, 9.17) is 15.6 Å². The number of morpholine rings is 1. The summed E-state index contributed by atoms with van der Waals surface area (Å²) in [5.41, 5.74) is 0. The predicted molar refractivity (Wildman–Crippen MR) is 38.6 cm³/mol. The Balaban J connectivity index is 2.59. The van der Waals surface area contributed by atoms with Crippen LogP contribution in [0.4, 0.5) is 0 Å². The summed E-state index contributed by atoms with van der Waals surface area (Å²) in [6.07, 6.45) is 1.01. The van der Waals surface area contributed by atoms with Crippen molar-refractivity contribution >= 4 is 12.2 Å². The van der Waals surface area contributed by atoms with E-state index in [1.165, 1.54) is 6.34 Å². The predicted octanol–water partition coefficient (Wildman–Crippen LogP) is 0.291. The van der Waals surface area contributed by atoms with Crippen molar-refractivity contribution in [2.24, 2.45) is 0 Å². The minimum absolute atomic E-state index is 0.157. The third-order valence-electron chi connectivity index (χ3n) is 1.55. The minimum atomic E-state index is -0.157. The van der Waals surface area contributed by atoms with Crippen LogP contribution in [0.2, 0.25) is 0 Å². The topological polar surface area (TPSA) is 60.2 Å². The molecule has 1 aliphatic heterocycles. The quantitative estimate of drug-likeness (QED) is 0.407. The number of hydrogen-bond acceptors (Lipinski definition) is 3. The first-order valence-electron chi connectivity index (χ1n) is 3.23. The molecule has 0 unspecified atom stereocenters. The molecule has 1 heterocycles. The summed E-state index contributed by atoms with van der Waals surface area (Å²) in [7, 11) is 0. The number of nitrogens with zero attached hydrogens (tertiary/aromatic N) is 1. The molecule has 1 saturated heterocycles. The maximum Gasteiger partial charge on any atom is 0.131 e. The van der Waals surface area contributed by atoms with Crippen LogP contribution >= 0.6 is 0 Å². The van der Waals surface area contributed by atoms with Crippen LogP contribution in [0.5, 0.6) is 0 Å². The van der Waals surface area contributed by atoms with Crippen molar-refractivity contribution in [1.82, 2.24) is 4.90 Å². The molecule has 0 aliphatic carbocycles. The molecule has 0 aromatic heterocycles. The normalized spacial score (nSPS) is 26.7. The highest BCUT2D eigenvalue weighted by Gasteiger charge is 2.20. The molecule has 0 radical (unpaired) electrons. The Morgan fingerprint density at radius 1 is 1.80 bits per heavy atom. The molecule has 0 spiro atoms. The number of hydrogen-bond donors (Lipinski definition) is 2. The average molecular weight is 141 g/mol. The Hall–Kier alpha value is -0.900. The van der Waals surface area contributed by atoms with Crippen LogP contribution in [-0.2, 0) is 4.74 Å². The highest BCUT2D eigenvalue weighted by molar-refractivity contribution is 5.92. The third-order valence-corrected chi connectivity index (χ3v) is 1.55. The van der Waals surface area contributed by atoms with Crippen molar-refractivity contribution < 1.29 is 4.74 Å². The molecule has 56 valence electrons. The van der Waals surface area contributed by atoms with E-state index in [2.05, 4.69) is 0 Å². The molecule has 0 aromatic rings. The molecular weight excluding hydrogens is 130 g/mol. The Kier molecular flexibility index (Phi) is 2.01. The fourth-order valence-corrected chi connectivity index (χ4v) is 0.895. The van der Waals surface area contributed by atoms with Crippen molar-refractivity contribution in [1.29, 1.82) is 10.8 Å². The number of nitrogens with one attached hydrogen (secondary N) is 2. The number of rotatable bonds is 1. The van der Waals surface area contributed by atoms with Gasteiger partial charge in [0.25, 0.3) is 0 Å². The second-order valence-corrected chi connectivity index (χ2v) is 2.22. The van der Waals surface area contributed by atoms with Crippen LogP contribution in [-0.4, -0.2) is 36.3 Å². The van der Waals surface area contributed by atoms with Crippen molar-refractivity contribution in [3.05, 3.63) is 0 Å². The molecular formula is C6H11N3O. The zero-order valence-corrected chi connectivity index (χ0v) is 5.92. The van der Waals surface area contributed by atoms with Gasteiger partial charge in [0.2, 0.25) is 0 Å². The monoisotopic (exact) mass is 141 g/mol. The summed E-state index contributed by atoms with van der Waals surface area (Å²) in [4.78, 5) is 1.58. The lowest BCUT2D eigenvalue weighted by Crippen LogP contribution is -2.44. The Morgan fingerprint density at radius 3 is 3.00 bits per heavy atom. The van der Waals surface area contributed by atoms with E-state index >= 15 is 0 Å². The fourth-order valence-electron chi connectivity index (χ4n) is 0.895. The van der Waals surface area contributed by atoms with Crippen LogP contribution in [0.15, 0.2) is 0 Å². The number of ether oxygens (including phenoxy) is 1. The van der Waals surface area contributed by atoms with Gasteiger partial charge in [-0.3, -0.25) is 10.8 Å². The van der Waals surface area contributed by atoms with Crippen molar-refractivity contribution in [3.8, 4) is 0 Å². The van der Waals surface area contributed by atoms with E-state index in [-0.39, 0.29) is 6.10 Å². The van der Waals surface area contributed by atoms with E-state index < -0.39 is 0 Å². The van der Waals surface area contributed by atoms with Gasteiger partial charge in [-0.05, 0) is 6.92 Å². The van der Waals surface area contributed by atoms with Crippen LogP contribution < -0.4 is 0 Å². The molecule has 4 heteroatoms. The average Bonchev–Trinajstić information content (AvgIpc) is 1.95. The van der Waals surface area contributed by atoms with E-state index in [9.17, 15) is 0 Å². The SMILES string of the molecule is C[C@@H]1OCCN(C=N)C1=N. The standard InChI is InChI=1S/C6H11N3O/c1-5-6(8)9(4-7)2-3-10-5/h4-5,7-8H,2-3H2,1H3/t5-/m0/s1. The van der Waals surface area contributed by atoms with Gasteiger partial charge in [-0.15, -0.1) is 0 Å². The summed E-state index contributed by atoms with van der Waals surface area (Å²) in [5, 5.41) is 14.3. The van der Waals surface area contributed by atoms with Gasteiger partial charge in [-0.25, -0.2) is 0 Å². The van der Waals surface area contributed by atoms with Crippen LogP contribution in [0.25, 0.3) is 0 Å². The second-order valence-electron chi connectivity index (χ2n) is 2.22. The largest absolute Gasteiger partial charge is 0.369 e. The first-order chi connectivity index (χ1) is 4.75. The smallest absolute Gasteiger partial charge is 0.131 e. The lowest BCUT2D eigenvalue weighted by molar-refractivity contribution is 0.0762. The maximum absolute atomic E-state index is 7.40. The third kappa shape index (κ3) is 1.16. The minimum Gasteiger partial charge on any atom is -0.369 e. The van der Waals surface area contributed by atoms with Gasteiger partial charge >= 0.3 is 0 Å². The molecule has 0 amide bonds. The molecule has 0 saturated carbocycles. The molecule has 1 rings (SSSR count). The van der Waals surface area contributed by atoms with E-state index in [0.29, 0.717) is 19.0 Å². The number of amidine groups is 1. The van der Waals surface area contributed by atoms with Gasteiger partial charge in [0, 0.05) is 6.54 Å². The van der Waals surface area contributed by atoms with Crippen molar-refractivity contribution in [3.63, 3.8) is 0 Å². The first kappa shape index (κ1) is 7.21. The fraction of sp³-hybridized carbons (Fsp3) is 0.667. The van der Waals surface area contributed by atoms with Crippen LogP contribution in [0, 0.1) is 10.8 Å². The summed E-state index contributed by atoms with van der Waals surface area (Å²) in [6, 6.07) is 0. The molecule has 0 bridgehead atoms. The molecule has 0 aromatic carbocycles. The summed E-state index contributed by atoms with van der Waals surface area (Å²) in [6.45, 7) is 3.06. The summed E-state index contributed by atoms with van der Waals surface area (Å²) in [5.74, 6) is 0.376. The maximum atomic E-state index is 7.40. The molecule has 10 heavy (non-hydrogen) atoms. The second kappa shape index (κ2) is 2.79. The first-order valence-corrected chi connectivity index (χ1v) is 3.23. The molecule has 1 aliphatic rings. The van der Waals surface area contributed by atoms with Gasteiger partial charge in [0.05, 0.1) is 12.9 Å². The Bertz CT molecular complexity index is 157. The van der Waals surface area contributed by atoms with Crippen LogP contribution in [0.3, 0.4) is 0 Å². The zero-order chi connectivity index (χ0) is 7.56.